The summed E-state index contributed by atoms with van der Waals surface area (Å²) in [7, 11) is 1.61. The van der Waals surface area contributed by atoms with Gasteiger partial charge in [-0.25, -0.2) is 0 Å². The number of rotatable bonds is 6. The monoisotopic (exact) mass is 300 g/mol. The van der Waals surface area contributed by atoms with E-state index in [1.807, 2.05) is 18.2 Å². The van der Waals surface area contributed by atoms with Crippen LogP contribution in [0, 0.1) is 0 Å². The van der Waals surface area contributed by atoms with Gasteiger partial charge in [-0.2, -0.15) is 0 Å². The molecule has 0 fully saturated rings. The zero-order valence-corrected chi connectivity index (χ0v) is 13.4. The number of ketones is 1. The van der Waals surface area contributed by atoms with Crippen LogP contribution in [0.5, 0.6) is 5.75 Å². The molecule has 0 heterocycles. The lowest BCUT2D eigenvalue weighted by molar-refractivity contribution is 0.102. The molecule has 0 aliphatic carbocycles. The van der Waals surface area contributed by atoms with E-state index in [2.05, 4.69) is 38.1 Å². The number of hydrogen-bond donors (Lipinski definition) is 0. The zero-order valence-electron chi connectivity index (χ0n) is 12.6. The molecule has 0 radical (unpaired) electrons. The Morgan fingerprint density at radius 2 is 1.86 bits per heavy atom. The molecule has 2 rings (SSSR count). The Morgan fingerprint density at radius 3 is 2.48 bits per heavy atom. The van der Waals surface area contributed by atoms with Crippen molar-refractivity contribution in [3.8, 4) is 5.75 Å². The lowest BCUT2D eigenvalue weighted by Crippen LogP contribution is -2.02. The van der Waals surface area contributed by atoms with Crippen LogP contribution in [0.4, 0.5) is 0 Å². The molecule has 2 aromatic rings. The third-order valence-corrected chi connectivity index (χ3v) is 4.32. The van der Waals surface area contributed by atoms with Gasteiger partial charge in [0.15, 0.2) is 5.78 Å². The third kappa shape index (κ3) is 4.36. The number of methoxy groups -OCH3 is 1. The van der Waals surface area contributed by atoms with Crippen molar-refractivity contribution < 1.29 is 9.53 Å². The Hall–Kier alpha value is -1.74. The van der Waals surface area contributed by atoms with E-state index >= 15 is 0 Å². The summed E-state index contributed by atoms with van der Waals surface area (Å²) in [5, 5.41) is 0. The van der Waals surface area contributed by atoms with Gasteiger partial charge in [0.1, 0.15) is 5.75 Å². The lowest BCUT2D eigenvalue weighted by Gasteiger charge is -2.07. The first-order valence-corrected chi connectivity index (χ1v) is 7.98. The van der Waals surface area contributed by atoms with Gasteiger partial charge in [-0.1, -0.05) is 38.1 Å². The summed E-state index contributed by atoms with van der Waals surface area (Å²) in [5.41, 5.74) is 2.01. The van der Waals surface area contributed by atoms with Crippen molar-refractivity contribution in [3.63, 3.8) is 0 Å². The molecule has 3 heteroatoms. The van der Waals surface area contributed by atoms with Crippen LogP contribution in [-0.2, 0) is 0 Å². The van der Waals surface area contributed by atoms with Crippen molar-refractivity contribution in [1.29, 1.82) is 0 Å². The Bertz CT molecular complexity index is 603. The number of thioether (sulfide) groups is 1. The van der Waals surface area contributed by atoms with E-state index in [1.165, 1.54) is 5.56 Å². The molecule has 0 unspecified atom stereocenters. The van der Waals surface area contributed by atoms with Crippen molar-refractivity contribution in [2.45, 2.75) is 24.7 Å². The number of ether oxygens (including phenoxy) is 1. The average molecular weight is 300 g/mol. The lowest BCUT2D eigenvalue weighted by atomic mass is 10.0. The molecule has 0 amide bonds. The van der Waals surface area contributed by atoms with Gasteiger partial charge >= 0.3 is 0 Å². The number of carbonyl (C=O) groups excluding carboxylic acids is 1. The van der Waals surface area contributed by atoms with Crippen LogP contribution in [0.3, 0.4) is 0 Å². The van der Waals surface area contributed by atoms with Crippen LogP contribution in [-0.4, -0.2) is 18.6 Å². The van der Waals surface area contributed by atoms with Gasteiger partial charge < -0.3 is 4.74 Å². The molecule has 0 aromatic heterocycles. The molecule has 0 saturated carbocycles. The van der Waals surface area contributed by atoms with Crippen molar-refractivity contribution in [2.75, 3.05) is 12.9 Å². The Morgan fingerprint density at radius 1 is 1.14 bits per heavy atom. The highest BCUT2D eigenvalue weighted by Gasteiger charge is 2.08. The fourth-order valence-electron chi connectivity index (χ4n) is 1.98. The first-order valence-electron chi connectivity index (χ1n) is 7.00. The average Bonchev–Trinajstić information content (AvgIpc) is 2.53. The predicted octanol–water partition coefficient (Wildman–Crippen LogP) is 4.79. The van der Waals surface area contributed by atoms with Crippen LogP contribution < -0.4 is 4.74 Å². The van der Waals surface area contributed by atoms with Gasteiger partial charge in [0.25, 0.3) is 0 Å². The van der Waals surface area contributed by atoms with Gasteiger partial charge in [0, 0.05) is 10.5 Å². The van der Waals surface area contributed by atoms with Crippen molar-refractivity contribution >= 4 is 17.5 Å². The number of Topliss-reactive ketones (excluding diaryl/α,β-unsaturated/α-hetero) is 1. The van der Waals surface area contributed by atoms with Crippen LogP contribution >= 0.6 is 11.8 Å². The molecule has 2 aromatic carbocycles. The maximum Gasteiger partial charge on any atom is 0.173 e. The molecule has 0 N–H and O–H groups in total. The number of hydrogen-bond acceptors (Lipinski definition) is 3. The van der Waals surface area contributed by atoms with Gasteiger partial charge in [0.05, 0.1) is 12.9 Å². The molecule has 110 valence electrons. The summed E-state index contributed by atoms with van der Waals surface area (Å²) in [6.45, 7) is 4.35. The van der Waals surface area contributed by atoms with Gasteiger partial charge in [-0.15, -0.1) is 11.8 Å². The molecule has 0 aliphatic rings. The quantitative estimate of drug-likeness (QED) is 0.566. The highest BCUT2D eigenvalue weighted by Crippen LogP contribution is 2.23. The molecule has 0 aliphatic heterocycles. The van der Waals surface area contributed by atoms with E-state index in [-0.39, 0.29) is 5.78 Å². The van der Waals surface area contributed by atoms with E-state index in [4.69, 9.17) is 4.74 Å². The highest BCUT2D eigenvalue weighted by molar-refractivity contribution is 8.00. The smallest absolute Gasteiger partial charge is 0.173 e. The topological polar surface area (TPSA) is 26.3 Å². The summed E-state index contributed by atoms with van der Waals surface area (Å²) in [6, 6.07) is 15.7. The van der Waals surface area contributed by atoms with Crippen LogP contribution in [0.1, 0.15) is 35.7 Å². The number of benzene rings is 2. The molecule has 0 saturated heterocycles. The summed E-state index contributed by atoms with van der Waals surface area (Å²) >= 11 is 1.57. The van der Waals surface area contributed by atoms with E-state index in [9.17, 15) is 4.79 Å². The Balaban J connectivity index is 1.97. The van der Waals surface area contributed by atoms with E-state index in [0.717, 1.165) is 4.90 Å². The second-order valence-electron chi connectivity index (χ2n) is 5.17. The SMILES string of the molecule is COc1cccc(C(=O)CSc2ccc(C(C)C)cc2)c1. The summed E-state index contributed by atoms with van der Waals surface area (Å²) in [4.78, 5) is 13.3. The van der Waals surface area contributed by atoms with Crippen LogP contribution in [0.25, 0.3) is 0 Å². The van der Waals surface area contributed by atoms with E-state index in [1.54, 1.807) is 24.9 Å². The fraction of sp³-hybridized carbons (Fsp3) is 0.278. The first-order chi connectivity index (χ1) is 10.1. The molecule has 0 spiro atoms. The van der Waals surface area contributed by atoms with E-state index in [0.29, 0.717) is 23.0 Å². The third-order valence-electron chi connectivity index (χ3n) is 3.31. The zero-order chi connectivity index (χ0) is 15.2. The largest absolute Gasteiger partial charge is 0.497 e. The molecule has 0 atom stereocenters. The minimum Gasteiger partial charge on any atom is -0.497 e. The summed E-state index contributed by atoms with van der Waals surface area (Å²) in [5.74, 6) is 1.80. The van der Waals surface area contributed by atoms with Gasteiger partial charge in [-0.05, 0) is 35.7 Å². The molecular formula is C18H20O2S. The minimum atomic E-state index is 0.117. The normalized spacial score (nSPS) is 10.7. The predicted molar refractivity (Wildman–Crippen MR) is 88.6 cm³/mol. The molecular weight excluding hydrogens is 280 g/mol. The summed E-state index contributed by atoms with van der Waals surface area (Å²) in [6.07, 6.45) is 0. The minimum absolute atomic E-state index is 0.117. The second-order valence-corrected chi connectivity index (χ2v) is 6.22. The maximum absolute atomic E-state index is 12.2. The van der Waals surface area contributed by atoms with Crippen LogP contribution in [0.15, 0.2) is 53.4 Å². The molecule has 0 bridgehead atoms. The van der Waals surface area contributed by atoms with E-state index < -0.39 is 0 Å². The Labute approximate surface area is 130 Å². The summed E-state index contributed by atoms with van der Waals surface area (Å²) < 4.78 is 5.14. The van der Waals surface area contributed by atoms with Gasteiger partial charge in [-0.3, -0.25) is 4.79 Å². The van der Waals surface area contributed by atoms with Crippen LogP contribution in [0.2, 0.25) is 0 Å². The maximum atomic E-state index is 12.2. The van der Waals surface area contributed by atoms with Crippen molar-refractivity contribution in [1.82, 2.24) is 0 Å². The number of carbonyl (C=O) groups is 1. The molecule has 21 heavy (non-hydrogen) atoms. The Kier molecular flexibility index (Phi) is 5.45. The van der Waals surface area contributed by atoms with Crippen molar-refractivity contribution in [2.24, 2.45) is 0 Å². The van der Waals surface area contributed by atoms with Gasteiger partial charge in [0.2, 0.25) is 0 Å². The fourth-order valence-corrected chi connectivity index (χ4v) is 2.77. The standard InChI is InChI=1S/C18H20O2S/c1-13(2)14-7-9-17(10-8-14)21-12-18(19)15-5-4-6-16(11-15)20-3/h4-11,13H,12H2,1-3H3. The molecule has 2 nitrogen and oxygen atoms in total. The second kappa shape index (κ2) is 7.32. The van der Waals surface area contributed by atoms with Crippen molar-refractivity contribution in [3.05, 3.63) is 59.7 Å². The first kappa shape index (κ1) is 15.6. The highest BCUT2D eigenvalue weighted by atomic mass is 32.2.